The fourth-order valence-corrected chi connectivity index (χ4v) is 3.69. The van der Waals surface area contributed by atoms with Crippen LogP contribution in [0.15, 0.2) is 11.3 Å². The number of aliphatic hydroxyl groups is 6. The lowest BCUT2D eigenvalue weighted by atomic mass is 10.1. The predicted molar refractivity (Wildman–Crippen MR) is 89.9 cm³/mol. The molecular weight excluding hydrogens is 378 g/mol. The second-order valence-electron chi connectivity index (χ2n) is 6.96. The van der Waals surface area contributed by atoms with Crippen LogP contribution in [0.4, 0.5) is 5.82 Å². The molecule has 0 aromatic carbocycles. The van der Waals surface area contributed by atoms with Crippen molar-refractivity contribution < 1.29 is 40.1 Å². The zero-order valence-electron chi connectivity index (χ0n) is 14.6. The van der Waals surface area contributed by atoms with E-state index in [1.165, 1.54) is 22.1 Å². The summed E-state index contributed by atoms with van der Waals surface area (Å²) in [6.45, 7) is -0.937. The monoisotopic (exact) mass is 401 g/mol. The molecule has 4 heterocycles. The number of aliphatic hydroxyl groups excluding tert-OH is 6. The molecule has 13 nitrogen and oxygen atoms in total. The van der Waals surface area contributed by atoms with Crippen molar-refractivity contribution in [2.24, 2.45) is 10.7 Å². The molecule has 1 aromatic rings. The number of nitrogens with two attached hydrogens (primary N) is 1. The lowest BCUT2D eigenvalue weighted by molar-refractivity contribution is -0.0825. The van der Waals surface area contributed by atoms with Gasteiger partial charge in [-0.3, -0.25) is 4.57 Å². The highest BCUT2D eigenvalue weighted by Gasteiger charge is 2.48. The molecule has 156 valence electrons. The zero-order chi connectivity index (χ0) is 20.2. The predicted octanol–water partition coefficient (Wildman–Crippen LogP) is -4.13. The molecule has 2 saturated heterocycles. The number of rotatable bonds is 4. The average Bonchev–Trinajstić information content (AvgIpc) is 3.33. The Kier molecular flexibility index (Phi) is 5.11. The first-order chi connectivity index (χ1) is 13.4. The van der Waals surface area contributed by atoms with Crippen LogP contribution >= 0.6 is 0 Å². The van der Waals surface area contributed by atoms with E-state index in [0.29, 0.717) is 0 Å². The third-order valence-electron chi connectivity index (χ3n) is 5.31. The molecule has 3 aliphatic heterocycles. The molecule has 2 fully saturated rings. The van der Waals surface area contributed by atoms with Crippen molar-refractivity contribution in [2.75, 3.05) is 13.2 Å². The van der Waals surface area contributed by atoms with Crippen LogP contribution in [0, 0.1) is 0 Å². The fraction of sp³-hybridized carbons (Fsp3) is 0.733. The van der Waals surface area contributed by atoms with E-state index in [1.807, 2.05) is 0 Å². The van der Waals surface area contributed by atoms with Crippen LogP contribution in [-0.4, -0.2) is 107 Å². The third kappa shape index (κ3) is 2.83. The highest BCUT2D eigenvalue weighted by Crippen LogP contribution is 2.38. The minimum atomic E-state index is -1.32. The number of ether oxygens (including phenoxy) is 2. The van der Waals surface area contributed by atoms with Gasteiger partial charge in [-0.05, 0) is 0 Å². The molecule has 28 heavy (non-hydrogen) atoms. The Bertz CT molecular complexity index is 746. The van der Waals surface area contributed by atoms with Crippen LogP contribution in [0.1, 0.15) is 18.1 Å². The molecule has 0 saturated carbocycles. The van der Waals surface area contributed by atoms with E-state index in [4.69, 9.17) is 15.2 Å². The number of nitrogens with zero attached hydrogens (tertiary/aromatic N) is 4. The summed E-state index contributed by atoms with van der Waals surface area (Å²) in [4.78, 5) is 9.80. The maximum atomic E-state index is 10.2. The van der Waals surface area contributed by atoms with Crippen molar-refractivity contribution in [3.8, 4) is 0 Å². The Morgan fingerprint density at radius 3 is 2.07 bits per heavy atom. The Labute approximate surface area is 158 Å². The van der Waals surface area contributed by atoms with Crippen LogP contribution in [0.3, 0.4) is 0 Å². The molecule has 0 spiro atoms. The number of imidazole rings is 1. The van der Waals surface area contributed by atoms with Gasteiger partial charge in [-0.2, -0.15) is 0 Å². The van der Waals surface area contributed by atoms with Gasteiger partial charge in [0.25, 0.3) is 0 Å². The minimum Gasteiger partial charge on any atom is -0.394 e. The molecule has 4 unspecified atom stereocenters. The fourth-order valence-electron chi connectivity index (χ4n) is 3.69. The van der Waals surface area contributed by atoms with E-state index in [2.05, 4.69) is 9.98 Å². The molecule has 13 heteroatoms. The maximum Gasteiger partial charge on any atom is 0.165 e. The summed E-state index contributed by atoms with van der Waals surface area (Å²) in [5, 5.41) is 58.8. The van der Waals surface area contributed by atoms with Crippen molar-refractivity contribution in [1.29, 1.82) is 0 Å². The number of hydrogen-bond donors (Lipinski definition) is 7. The summed E-state index contributed by atoms with van der Waals surface area (Å²) in [5.41, 5.74) is 6.51. The van der Waals surface area contributed by atoms with Gasteiger partial charge in [-0.25, -0.2) is 9.98 Å². The maximum absolute atomic E-state index is 10.2. The number of hydrogen-bond acceptors (Lipinski definition) is 12. The largest absolute Gasteiger partial charge is 0.394 e. The molecule has 1 aromatic heterocycles. The van der Waals surface area contributed by atoms with Crippen LogP contribution < -0.4 is 5.73 Å². The van der Waals surface area contributed by atoms with Crippen molar-refractivity contribution >= 4 is 12.2 Å². The first-order valence-corrected chi connectivity index (χ1v) is 8.77. The number of aromatic nitrogens is 2. The number of aliphatic imine (C=N–C) groups is 1. The summed E-state index contributed by atoms with van der Waals surface area (Å²) in [6.07, 6.45) is -7.43. The second-order valence-corrected chi connectivity index (χ2v) is 6.96. The molecule has 9 atom stereocenters. The van der Waals surface area contributed by atoms with E-state index < -0.39 is 68.5 Å². The standard InChI is InChI=1S/C15H23N5O8/c16-12-7-13(18-4-19(12)14-10(25)8(23)5(1-21)27-14)20(3-17-7)15-11(26)9(24)6(2-22)28-15/h3-6,8-12,14-15,21-26H,1-2,16H2/t5-,6-,8-,9?,10-,11?,12?,14?,15-/m1/s1. The van der Waals surface area contributed by atoms with Crippen molar-refractivity contribution in [3.05, 3.63) is 12.0 Å². The molecular formula is C15H23N5O8. The Balaban J connectivity index is 1.58. The molecule has 0 amide bonds. The molecule has 0 aliphatic carbocycles. The van der Waals surface area contributed by atoms with Gasteiger partial charge in [0, 0.05) is 0 Å². The second kappa shape index (κ2) is 7.29. The van der Waals surface area contributed by atoms with Crippen LogP contribution in [0.25, 0.3) is 0 Å². The Hall–Kier alpha value is -1.68. The van der Waals surface area contributed by atoms with Crippen LogP contribution in [0.2, 0.25) is 0 Å². The smallest absolute Gasteiger partial charge is 0.165 e. The zero-order valence-corrected chi connectivity index (χ0v) is 14.6. The van der Waals surface area contributed by atoms with Gasteiger partial charge in [-0.15, -0.1) is 0 Å². The third-order valence-corrected chi connectivity index (χ3v) is 5.31. The minimum absolute atomic E-state index is 0.269. The van der Waals surface area contributed by atoms with Crippen LogP contribution in [0.5, 0.6) is 0 Å². The summed E-state index contributed by atoms with van der Waals surface area (Å²) >= 11 is 0. The molecule has 8 N–H and O–H groups in total. The highest BCUT2D eigenvalue weighted by atomic mass is 16.6. The van der Waals surface area contributed by atoms with Crippen molar-refractivity contribution in [3.63, 3.8) is 0 Å². The van der Waals surface area contributed by atoms with E-state index in [1.54, 1.807) is 0 Å². The van der Waals surface area contributed by atoms with Gasteiger partial charge in [0.1, 0.15) is 48.5 Å². The number of fused-ring (bicyclic) bond motifs is 1. The van der Waals surface area contributed by atoms with E-state index >= 15 is 0 Å². The Morgan fingerprint density at radius 1 is 0.929 bits per heavy atom. The summed E-state index contributed by atoms with van der Waals surface area (Å²) in [5.74, 6) is 0.269. The lowest BCUT2D eigenvalue weighted by Crippen LogP contribution is -2.48. The summed E-state index contributed by atoms with van der Waals surface area (Å²) < 4.78 is 12.4. The van der Waals surface area contributed by atoms with Gasteiger partial charge in [0.05, 0.1) is 25.9 Å². The summed E-state index contributed by atoms with van der Waals surface area (Å²) in [7, 11) is 0. The van der Waals surface area contributed by atoms with Crippen molar-refractivity contribution in [1.82, 2.24) is 14.5 Å². The van der Waals surface area contributed by atoms with Gasteiger partial charge in [0.15, 0.2) is 18.3 Å². The average molecular weight is 401 g/mol. The van der Waals surface area contributed by atoms with Gasteiger partial charge in [0.2, 0.25) is 0 Å². The topological polar surface area (TPSA) is 199 Å². The molecule has 4 rings (SSSR count). The lowest BCUT2D eigenvalue weighted by Gasteiger charge is -2.35. The van der Waals surface area contributed by atoms with E-state index in [0.717, 1.165) is 0 Å². The first-order valence-electron chi connectivity index (χ1n) is 8.77. The molecule has 0 radical (unpaired) electrons. The normalized spacial score (nSPS) is 43.0. The quantitative estimate of drug-likeness (QED) is 0.258. The van der Waals surface area contributed by atoms with E-state index in [9.17, 15) is 30.6 Å². The SMILES string of the molecule is NC1c2ncn([C@@H]3O[C@H](CO)C(O)C3O)c2N=CN1C1O[C@H](CO)[C@@H](O)[C@H]1O. The summed E-state index contributed by atoms with van der Waals surface area (Å²) in [6, 6.07) is 0. The van der Waals surface area contributed by atoms with Crippen LogP contribution in [-0.2, 0) is 9.47 Å². The van der Waals surface area contributed by atoms with Crippen molar-refractivity contribution in [2.45, 2.75) is 55.2 Å². The first kappa shape index (κ1) is 19.6. The Morgan fingerprint density at radius 2 is 1.50 bits per heavy atom. The van der Waals surface area contributed by atoms with Gasteiger partial charge in [-0.1, -0.05) is 0 Å². The van der Waals surface area contributed by atoms with E-state index in [-0.39, 0.29) is 11.5 Å². The highest BCUT2D eigenvalue weighted by molar-refractivity contribution is 5.66. The molecule has 3 aliphatic rings. The van der Waals surface area contributed by atoms with Gasteiger partial charge < -0.3 is 50.7 Å². The molecule has 0 bridgehead atoms. The van der Waals surface area contributed by atoms with Gasteiger partial charge >= 0.3 is 0 Å².